The summed E-state index contributed by atoms with van der Waals surface area (Å²) in [6.07, 6.45) is 66.4. The highest BCUT2D eigenvalue weighted by Crippen LogP contribution is 2.15. The number of unbranched alkanes of at least 4 members (excludes halogenated alkanes) is 21. The highest BCUT2D eigenvalue weighted by Gasteiger charge is 2.19. The number of carbonyl (C=O) groups excluding carboxylic acids is 3. The van der Waals surface area contributed by atoms with Gasteiger partial charge in [-0.1, -0.05) is 239 Å². The second kappa shape index (κ2) is 49.7. The van der Waals surface area contributed by atoms with Gasteiger partial charge in [-0.05, 0) is 57.8 Å². The number of allylic oxidation sites excluding steroid dienone is 18. The van der Waals surface area contributed by atoms with Gasteiger partial charge in [-0.3, -0.25) is 14.4 Å². The Morgan fingerprint density at radius 3 is 1.00 bits per heavy atom. The highest BCUT2D eigenvalue weighted by atomic mass is 16.6. The molecule has 0 fully saturated rings. The lowest BCUT2D eigenvalue weighted by Gasteiger charge is -2.18. The summed E-state index contributed by atoms with van der Waals surface area (Å²) >= 11 is 0. The first-order valence-electron chi connectivity index (χ1n) is 25.0. The lowest BCUT2D eigenvalue weighted by Crippen LogP contribution is -2.30. The largest absolute Gasteiger partial charge is 0.462 e. The minimum absolute atomic E-state index is 0.104. The minimum atomic E-state index is -0.804. The van der Waals surface area contributed by atoms with Gasteiger partial charge in [0.15, 0.2) is 6.10 Å². The van der Waals surface area contributed by atoms with E-state index in [9.17, 15) is 14.4 Å². The molecule has 6 nitrogen and oxygen atoms in total. The van der Waals surface area contributed by atoms with Crippen LogP contribution in [0, 0.1) is 0 Å². The van der Waals surface area contributed by atoms with Crippen molar-refractivity contribution >= 4 is 17.9 Å². The molecule has 0 aliphatic carbocycles. The van der Waals surface area contributed by atoms with Gasteiger partial charge in [0.05, 0.1) is 0 Å². The predicted octanol–water partition coefficient (Wildman–Crippen LogP) is 16.4. The second-order valence-corrected chi connectivity index (χ2v) is 16.2. The van der Waals surface area contributed by atoms with E-state index in [1.807, 2.05) is 60.8 Å². The zero-order valence-corrected chi connectivity index (χ0v) is 39.8. The summed E-state index contributed by atoms with van der Waals surface area (Å²) in [6, 6.07) is 0. The molecule has 1 atom stereocenters. The average molecular weight is 859 g/mol. The first-order valence-corrected chi connectivity index (χ1v) is 25.0. The van der Waals surface area contributed by atoms with Gasteiger partial charge >= 0.3 is 17.9 Å². The molecule has 0 heterocycles. The van der Waals surface area contributed by atoms with Crippen LogP contribution in [-0.4, -0.2) is 37.2 Å². The third kappa shape index (κ3) is 47.1. The molecule has 0 aromatic rings. The summed E-state index contributed by atoms with van der Waals surface area (Å²) in [5, 5.41) is 0. The Kier molecular flexibility index (Phi) is 46.6. The van der Waals surface area contributed by atoms with E-state index in [2.05, 4.69) is 69.4 Å². The molecular formula is C56H90O6. The molecular weight excluding hydrogens is 769 g/mol. The monoisotopic (exact) mass is 859 g/mol. The molecule has 0 saturated heterocycles. The molecule has 1 unspecified atom stereocenters. The Bertz CT molecular complexity index is 1310. The van der Waals surface area contributed by atoms with Crippen LogP contribution in [0.15, 0.2) is 109 Å². The van der Waals surface area contributed by atoms with Crippen molar-refractivity contribution in [3.63, 3.8) is 0 Å². The number of esters is 3. The number of hydrogen-bond donors (Lipinski definition) is 0. The van der Waals surface area contributed by atoms with Crippen molar-refractivity contribution in [2.75, 3.05) is 13.2 Å². The zero-order valence-electron chi connectivity index (χ0n) is 39.8. The van der Waals surface area contributed by atoms with E-state index in [1.54, 1.807) is 0 Å². The fourth-order valence-corrected chi connectivity index (χ4v) is 6.53. The summed E-state index contributed by atoms with van der Waals surface area (Å²) in [5.74, 6) is -0.972. The fraction of sp³-hybridized carbons (Fsp3) is 0.625. The third-order valence-corrected chi connectivity index (χ3v) is 10.2. The molecule has 0 aromatic heterocycles. The van der Waals surface area contributed by atoms with E-state index in [0.717, 1.165) is 96.3 Å². The SMILES string of the molecule is CC/C=C/C=C/C=C/C=C/C=C/C=C/CCCCCC(=O)OCC(COC(=O)CCCCCCC/C=C/C=C/C=C/CC)OC(=O)CCCCCCCCCCCCCCCC. The van der Waals surface area contributed by atoms with E-state index < -0.39 is 6.10 Å². The Morgan fingerprint density at radius 1 is 0.339 bits per heavy atom. The van der Waals surface area contributed by atoms with Gasteiger partial charge in [0.25, 0.3) is 0 Å². The molecule has 0 aliphatic rings. The zero-order chi connectivity index (χ0) is 45.1. The average Bonchev–Trinajstić information content (AvgIpc) is 3.27. The Labute approximate surface area is 380 Å². The van der Waals surface area contributed by atoms with Crippen molar-refractivity contribution in [2.24, 2.45) is 0 Å². The lowest BCUT2D eigenvalue weighted by atomic mass is 10.0. The summed E-state index contributed by atoms with van der Waals surface area (Å²) in [6.45, 7) is 6.29. The van der Waals surface area contributed by atoms with Crippen LogP contribution in [0.3, 0.4) is 0 Å². The smallest absolute Gasteiger partial charge is 0.306 e. The molecule has 0 aromatic carbocycles. The molecule has 0 rings (SSSR count). The number of hydrogen-bond acceptors (Lipinski definition) is 6. The number of carbonyl (C=O) groups is 3. The molecule has 0 N–H and O–H groups in total. The van der Waals surface area contributed by atoms with Crippen LogP contribution in [0.2, 0.25) is 0 Å². The molecule has 0 bridgehead atoms. The molecule has 0 aliphatic heterocycles. The summed E-state index contributed by atoms with van der Waals surface area (Å²) in [4.78, 5) is 37.9. The van der Waals surface area contributed by atoms with Crippen LogP contribution in [0.1, 0.15) is 207 Å². The van der Waals surface area contributed by atoms with Crippen LogP contribution in [-0.2, 0) is 28.6 Å². The van der Waals surface area contributed by atoms with Gasteiger partial charge in [0, 0.05) is 19.3 Å². The molecule has 0 spiro atoms. The van der Waals surface area contributed by atoms with Crippen molar-refractivity contribution in [1.82, 2.24) is 0 Å². The van der Waals surface area contributed by atoms with Gasteiger partial charge in [0.2, 0.25) is 0 Å². The summed E-state index contributed by atoms with van der Waals surface area (Å²) in [7, 11) is 0. The number of ether oxygens (including phenoxy) is 3. The van der Waals surface area contributed by atoms with Gasteiger partial charge in [0.1, 0.15) is 13.2 Å². The van der Waals surface area contributed by atoms with Crippen LogP contribution < -0.4 is 0 Å². The highest BCUT2D eigenvalue weighted by molar-refractivity contribution is 5.71. The van der Waals surface area contributed by atoms with Crippen LogP contribution in [0.5, 0.6) is 0 Å². The second-order valence-electron chi connectivity index (χ2n) is 16.2. The first-order chi connectivity index (χ1) is 30.5. The Morgan fingerprint density at radius 2 is 0.629 bits per heavy atom. The van der Waals surface area contributed by atoms with Crippen molar-refractivity contribution in [3.8, 4) is 0 Å². The standard InChI is InChI=1S/C56H90O6/c1-4-7-10-13-16-19-22-25-27-28-29-32-34-37-40-43-46-49-55(58)61-52-53(51-60-54(57)48-45-42-39-36-33-30-24-21-18-15-12-9-6-3)62-56(59)50-47-44-41-38-35-31-26-23-20-17-14-11-8-5-2/h7,9-10,12-13,15-16,18-19,21-22,24-25,27-29,32,34,53H,4-6,8,11,14,17,20,23,26,30-31,33,35-52H2,1-3H3/b10-7+,12-9+,16-13+,18-15+,22-19+,24-21+,27-25+,29-28+,34-32+. The van der Waals surface area contributed by atoms with E-state index in [0.29, 0.717) is 19.3 Å². The molecule has 6 heteroatoms. The topological polar surface area (TPSA) is 78.9 Å². The van der Waals surface area contributed by atoms with Gasteiger partial charge in [-0.2, -0.15) is 0 Å². The summed E-state index contributed by atoms with van der Waals surface area (Å²) in [5.41, 5.74) is 0. The maximum absolute atomic E-state index is 12.8. The third-order valence-electron chi connectivity index (χ3n) is 10.2. The van der Waals surface area contributed by atoms with Crippen molar-refractivity contribution in [2.45, 2.75) is 213 Å². The Balaban J connectivity index is 4.51. The molecule has 0 amide bonds. The van der Waals surface area contributed by atoms with Crippen LogP contribution >= 0.6 is 0 Å². The maximum Gasteiger partial charge on any atom is 0.306 e. The summed E-state index contributed by atoms with van der Waals surface area (Å²) < 4.78 is 16.7. The van der Waals surface area contributed by atoms with Crippen molar-refractivity contribution < 1.29 is 28.6 Å². The van der Waals surface area contributed by atoms with Gasteiger partial charge in [-0.15, -0.1) is 0 Å². The quantitative estimate of drug-likeness (QED) is 0.0263. The van der Waals surface area contributed by atoms with Crippen molar-refractivity contribution in [3.05, 3.63) is 109 Å². The Hall–Kier alpha value is -3.93. The molecule has 62 heavy (non-hydrogen) atoms. The van der Waals surface area contributed by atoms with E-state index >= 15 is 0 Å². The van der Waals surface area contributed by atoms with Crippen molar-refractivity contribution in [1.29, 1.82) is 0 Å². The fourth-order valence-electron chi connectivity index (χ4n) is 6.53. The van der Waals surface area contributed by atoms with E-state index in [-0.39, 0.29) is 31.1 Å². The lowest BCUT2D eigenvalue weighted by molar-refractivity contribution is -0.167. The normalized spacial score (nSPS) is 13.0. The van der Waals surface area contributed by atoms with Gasteiger partial charge in [-0.25, -0.2) is 0 Å². The predicted molar refractivity (Wildman–Crippen MR) is 265 cm³/mol. The van der Waals surface area contributed by atoms with Crippen LogP contribution in [0.25, 0.3) is 0 Å². The molecule has 350 valence electrons. The molecule has 0 radical (unpaired) electrons. The van der Waals surface area contributed by atoms with E-state index in [4.69, 9.17) is 14.2 Å². The van der Waals surface area contributed by atoms with Crippen LogP contribution in [0.4, 0.5) is 0 Å². The van der Waals surface area contributed by atoms with E-state index in [1.165, 1.54) is 70.6 Å². The number of rotatable bonds is 43. The molecule has 0 saturated carbocycles. The minimum Gasteiger partial charge on any atom is -0.462 e. The first kappa shape index (κ1) is 58.1. The maximum atomic E-state index is 12.8. The van der Waals surface area contributed by atoms with Gasteiger partial charge < -0.3 is 14.2 Å².